The Labute approximate surface area is 79.2 Å². The molecule has 1 N–H and O–H groups in total. The van der Waals surface area contributed by atoms with Gasteiger partial charge in [0, 0.05) is 11.5 Å². The van der Waals surface area contributed by atoms with E-state index in [-0.39, 0.29) is 0 Å². The van der Waals surface area contributed by atoms with Crippen molar-refractivity contribution in [3.05, 3.63) is 22.8 Å². The Hall–Kier alpha value is -0.980. The standard InChI is InChI=1S/C12H17N/c1-12(2,3)10-5-4-6-11-9(10)7-8-13-11/h6-8,13H,4-5H2,1-3H3. The first-order chi connectivity index (χ1) is 6.09. The highest BCUT2D eigenvalue weighted by molar-refractivity contribution is 5.54. The summed E-state index contributed by atoms with van der Waals surface area (Å²) in [4.78, 5) is 3.28. The second kappa shape index (κ2) is 2.76. The molecule has 0 fully saturated rings. The molecule has 70 valence electrons. The van der Waals surface area contributed by atoms with Crippen LogP contribution < -0.4 is 10.6 Å². The molecule has 1 nitrogen and oxygen atoms in total. The lowest BCUT2D eigenvalue weighted by molar-refractivity contribution is 0.543. The third-order valence-electron chi connectivity index (χ3n) is 2.75. The maximum absolute atomic E-state index is 3.28. The van der Waals surface area contributed by atoms with Gasteiger partial charge in [-0.05, 0) is 29.5 Å². The van der Waals surface area contributed by atoms with Gasteiger partial charge in [0.2, 0.25) is 0 Å². The highest BCUT2D eigenvalue weighted by Gasteiger charge is 2.19. The number of rotatable bonds is 0. The molecule has 1 aromatic heterocycles. The highest BCUT2D eigenvalue weighted by Crippen LogP contribution is 2.29. The molecule has 0 spiro atoms. The zero-order valence-corrected chi connectivity index (χ0v) is 8.65. The zero-order valence-electron chi connectivity index (χ0n) is 8.65. The minimum Gasteiger partial charge on any atom is -0.361 e. The molecule has 13 heavy (non-hydrogen) atoms. The third-order valence-corrected chi connectivity index (χ3v) is 2.75. The first-order valence-corrected chi connectivity index (χ1v) is 4.96. The van der Waals surface area contributed by atoms with Crippen LogP contribution in [0.3, 0.4) is 0 Å². The predicted molar refractivity (Wildman–Crippen MR) is 56.6 cm³/mol. The van der Waals surface area contributed by atoms with Crippen molar-refractivity contribution in [3.8, 4) is 0 Å². The molecule has 1 heteroatoms. The van der Waals surface area contributed by atoms with Crippen molar-refractivity contribution in [2.24, 2.45) is 5.41 Å². The van der Waals surface area contributed by atoms with E-state index < -0.39 is 0 Å². The average Bonchev–Trinajstić information content (AvgIpc) is 2.48. The van der Waals surface area contributed by atoms with Crippen molar-refractivity contribution in [1.82, 2.24) is 4.98 Å². The summed E-state index contributed by atoms with van der Waals surface area (Å²) in [6.45, 7) is 6.89. The normalized spacial score (nSPS) is 16.7. The Bertz CT molecular complexity index is 415. The van der Waals surface area contributed by atoms with Crippen molar-refractivity contribution in [2.45, 2.75) is 33.6 Å². The molecule has 0 saturated carbocycles. The van der Waals surface area contributed by atoms with Crippen molar-refractivity contribution in [1.29, 1.82) is 0 Å². The minimum atomic E-state index is 0.311. The zero-order chi connectivity index (χ0) is 9.47. The lowest BCUT2D eigenvalue weighted by Gasteiger charge is -2.24. The quantitative estimate of drug-likeness (QED) is 0.618. The lowest BCUT2D eigenvalue weighted by Crippen LogP contribution is -2.32. The summed E-state index contributed by atoms with van der Waals surface area (Å²) in [6.07, 6.45) is 6.73. The molecule has 0 atom stereocenters. The monoisotopic (exact) mass is 175 g/mol. The summed E-state index contributed by atoms with van der Waals surface area (Å²) < 4.78 is 0. The molecule has 0 unspecified atom stereocenters. The summed E-state index contributed by atoms with van der Waals surface area (Å²) in [5, 5.41) is 2.75. The lowest BCUT2D eigenvalue weighted by atomic mass is 9.81. The second-order valence-corrected chi connectivity index (χ2v) is 4.78. The SMILES string of the molecule is CC(C)(C)C1=c2cc[nH]c2=CCC1. The Morgan fingerprint density at radius 3 is 2.77 bits per heavy atom. The topological polar surface area (TPSA) is 15.8 Å². The summed E-state index contributed by atoms with van der Waals surface area (Å²) in [7, 11) is 0. The fraction of sp³-hybridized carbons (Fsp3) is 0.500. The van der Waals surface area contributed by atoms with Crippen molar-refractivity contribution < 1.29 is 0 Å². The van der Waals surface area contributed by atoms with E-state index in [9.17, 15) is 0 Å². The molecule has 0 saturated heterocycles. The van der Waals surface area contributed by atoms with E-state index in [1.54, 1.807) is 5.57 Å². The van der Waals surface area contributed by atoms with Crippen LogP contribution in [-0.4, -0.2) is 4.98 Å². The molecule has 1 aromatic rings. The van der Waals surface area contributed by atoms with Gasteiger partial charge in [0.05, 0.1) is 0 Å². The number of aromatic amines is 1. The number of nitrogens with one attached hydrogen (secondary N) is 1. The minimum absolute atomic E-state index is 0.311. The summed E-state index contributed by atoms with van der Waals surface area (Å²) in [6, 6.07) is 2.20. The van der Waals surface area contributed by atoms with Gasteiger partial charge in [-0.3, -0.25) is 0 Å². The Kier molecular flexibility index (Phi) is 1.83. The maximum atomic E-state index is 3.28. The van der Waals surface area contributed by atoms with Gasteiger partial charge in [-0.2, -0.15) is 0 Å². The number of aromatic nitrogens is 1. The molecular formula is C12H17N. The summed E-state index contributed by atoms with van der Waals surface area (Å²) in [5.74, 6) is 0. The highest BCUT2D eigenvalue weighted by atomic mass is 14.6. The number of H-pyrrole nitrogens is 1. The van der Waals surface area contributed by atoms with Gasteiger partial charge >= 0.3 is 0 Å². The fourth-order valence-corrected chi connectivity index (χ4v) is 2.09. The van der Waals surface area contributed by atoms with Gasteiger partial charge in [-0.25, -0.2) is 0 Å². The van der Waals surface area contributed by atoms with Crippen LogP contribution in [0, 0.1) is 5.41 Å². The molecule has 0 radical (unpaired) electrons. The van der Waals surface area contributed by atoms with Crippen LogP contribution in [0.15, 0.2) is 12.3 Å². The van der Waals surface area contributed by atoms with Crippen molar-refractivity contribution in [3.63, 3.8) is 0 Å². The Morgan fingerprint density at radius 2 is 2.08 bits per heavy atom. The van der Waals surface area contributed by atoms with E-state index in [1.165, 1.54) is 23.4 Å². The molecule has 1 heterocycles. The van der Waals surface area contributed by atoms with Gasteiger partial charge in [0.1, 0.15) is 0 Å². The van der Waals surface area contributed by atoms with Gasteiger partial charge in [-0.1, -0.05) is 32.4 Å². The molecular weight excluding hydrogens is 158 g/mol. The molecule has 1 aliphatic rings. The predicted octanol–water partition coefficient (Wildman–Crippen LogP) is 1.79. The number of fused-ring (bicyclic) bond motifs is 1. The van der Waals surface area contributed by atoms with E-state index in [4.69, 9.17) is 0 Å². The molecule has 2 rings (SSSR count). The number of hydrogen-bond acceptors (Lipinski definition) is 0. The molecule has 0 bridgehead atoms. The molecule has 0 aliphatic heterocycles. The molecule has 0 aromatic carbocycles. The van der Waals surface area contributed by atoms with Gasteiger partial charge in [0.15, 0.2) is 0 Å². The van der Waals surface area contributed by atoms with Gasteiger partial charge in [-0.15, -0.1) is 0 Å². The smallest absolute Gasteiger partial charge is 0.0413 e. The van der Waals surface area contributed by atoms with Crippen molar-refractivity contribution in [2.75, 3.05) is 0 Å². The van der Waals surface area contributed by atoms with Crippen LogP contribution in [0.1, 0.15) is 33.6 Å². The van der Waals surface area contributed by atoms with Crippen LogP contribution in [0.2, 0.25) is 0 Å². The van der Waals surface area contributed by atoms with Crippen LogP contribution in [-0.2, 0) is 0 Å². The van der Waals surface area contributed by atoms with E-state index in [2.05, 4.69) is 37.9 Å². The first-order valence-electron chi connectivity index (χ1n) is 4.96. The molecule has 0 amide bonds. The number of hydrogen-bond donors (Lipinski definition) is 1. The maximum Gasteiger partial charge on any atom is 0.0413 e. The van der Waals surface area contributed by atoms with Crippen molar-refractivity contribution >= 4 is 11.6 Å². The van der Waals surface area contributed by atoms with Gasteiger partial charge < -0.3 is 4.98 Å². The largest absolute Gasteiger partial charge is 0.361 e. The van der Waals surface area contributed by atoms with Gasteiger partial charge in [0.25, 0.3) is 0 Å². The van der Waals surface area contributed by atoms with Crippen LogP contribution in [0.4, 0.5) is 0 Å². The van der Waals surface area contributed by atoms with E-state index >= 15 is 0 Å². The first kappa shape index (κ1) is 8.61. The Morgan fingerprint density at radius 1 is 1.31 bits per heavy atom. The van der Waals surface area contributed by atoms with E-state index in [0.29, 0.717) is 5.41 Å². The van der Waals surface area contributed by atoms with Crippen LogP contribution in [0.25, 0.3) is 11.6 Å². The molecule has 1 aliphatic carbocycles. The summed E-state index contributed by atoms with van der Waals surface area (Å²) in [5.41, 5.74) is 1.90. The third kappa shape index (κ3) is 1.43. The van der Waals surface area contributed by atoms with Crippen LogP contribution >= 0.6 is 0 Å². The summed E-state index contributed by atoms with van der Waals surface area (Å²) >= 11 is 0. The Balaban J connectivity index is 2.75. The van der Waals surface area contributed by atoms with Crippen LogP contribution in [0.5, 0.6) is 0 Å². The van der Waals surface area contributed by atoms with E-state index in [0.717, 1.165) is 0 Å². The average molecular weight is 175 g/mol. The van der Waals surface area contributed by atoms with E-state index in [1.807, 2.05) is 6.20 Å². The fourth-order valence-electron chi connectivity index (χ4n) is 2.09. The second-order valence-electron chi connectivity index (χ2n) is 4.78.